The molecule has 0 saturated heterocycles. The Kier molecular flexibility index (Phi) is 3.80. The molecule has 1 aromatic rings. The van der Waals surface area contributed by atoms with Gasteiger partial charge in [0.2, 0.25) is 0 Å². The number of carbonyl (C=O) groups excluding carboxylic acids is 1. The zero-order valence-corrected chi connectivity index (χ0v) is 10.6. The second kappa shape index (κ2) is 4.54. The fraction of sp³-hybridized carbons (Fsp3) is 0.417. The topological polar surface area (TPSA) is 17.1 Å². The molecular weight excluding hydrogens is 231 g/mol. The summed E-state index contributed by atoms with van der Waals surface area (Å²) in [5.41, 5.74) is 0.474. The third-order valence-electron chi connectivity index (χ3n) is 1.92. The molecule has 0 N–H and O–H groups in total. The van der Waals surface area contributed by atoms with Crippen LogP contribution in [0.1, 0.15) is 37.6 Å². The van der Waals surface area contributed by atoms with Crippen LogP contribution in [0.4, 0.5) is 0 Å². The molecule has 0 radical (unpaired) electrons. The highest BCUT2D eigenvalue weighted by Crippen LogP contribution is 2.26. The quantitative estimate of drug-likeness (QED) is 0.695. The molecular formula is C12H14Cl2O. The summed E-state index contributed by atoms with van der Waals surface area (Å²) < 4.78 is 0. The summed E-state index contributed by atoms with van der Waals surface area (Å²) in [6, 6.07) is 4.95. The Morgan fingerprint density at radius 2 is 1.87 bits per heavy atom. The molecule has 0 atom stereocenters. The van der Waals surface area contributed by atoms with Gasteiger partial charge in [0.1, 0.15) is 0 Å². The van der Waals surface area contributed by atoms with E-state index in [-0.39, 0.29) is 11.2 Å². The molecule has 0 amide bonds. The second-order valence-electron chi connectivity index (χ2n) is 4.78. The molecule has 82 valence electrons. The molecule has 1 aromatic carbocycles. The van der Waals surface area contributed by atoms with Crippen molar-refractivity contribution in [2.45, 2.75) is 27.2 Å². The lowest BCUT2D eigenvalue weighted by molar-refractivity contribution is 0.0940. The van der Waals surface area contributed by atoms with Gasteiger partial charge >= 0.3 is 0 Å². The Balaban J connectivity index is 2.96. The number of ketones is 1. The van der Waals surface area contributed by atoms with Crippen LogP contribution in [-0.4, -0.2) is 5.78 Å². The third-order valence-corrected chi connectivity index (χ3v) is 2.48. The Morgan fingerprint density at radius 1 is 1.27 bits per heavy atom. The normalized spacial score (nSPS) is 11.5. The van der Waals surface area contributed by atoms with Gasteiger partial charge in [-0.05, 0) is 23.6 Å². The lowest BCUT2D eigenvalue weighted by Crippen LogP contribution is -2.13. The Morgan fingerprint density at radius 3 is 2.40 bits per heavy atom. The number of carbonyl (C=O) groups is 1. The van der Waals surface area contributed by atoms with E-state index in [0.717, 1.165) is 0 Å². The molecule has 0 bridgehead atoms. The SMILES string of the molecule is CC(C)(C)CC(=O)c1cc(Cl)ccc1Cl. The fourth-order valence-electron chi connectivity index (χ4n) is 1.29. The molecule has 0 spiro atoms. The monoisotopic (exact) mass is 244 g/mol. The van der Waals surface area contributed by atoms with Crippen LogP contribution in [-0.2, 0) is 0 Å². The molecule has 0 fully saturated rings. The summed E-state index contributed by atoms with van der Waals surface area (Å²) in [5, 5.41) is 1.00. The van der Waals surface area contributed by atoms with E-state index in [9.17, 15) is 4.79 Å². The van der Waals surface area contributed by atoms with E-state index in [4.69, 9.17) is 23.2 Å². The lowest BCUT2D eigenvalue weighted by Gasteiger charge is -2.17. The van der Waals surface area contributed by atoms with Gasteiger partial charge in [-0.3, -0.25) is 4.79 Å². The van der Waals surface area contributed by atoms with Crippen molar-refractivity contribution in [3.8, 4) is 0 Å². The predicted molar refractivity (Wildman–Crippen MR) is 64.9 cm³/mol. The lowest BCUT2D eigenvalue weighted by atomic mass is 9.88. The van der Waals surface area contributed by atoms with Crippen LogP contribution in [0.5, 0.6) is 0 Å². The number of benzene rings is 1. The Bertz CT molecular complexity index is 378. The number of Topliss-reactive ketones (excluding diaryl/α,β-unsaturated/α-hetero) is 1. The average Bonchev–Trinajstić information content (AvgIpc) is 2.06. The van der Waals surface area contributed by atoms with Crippen LogP contribution < -0.4 is 0 Å². The molecule has 1 rings (SSSR count). The van der Waals surface area contributed by atoms with Crippen molar-refractivity contribution >= 4 is 29.0 Å². The highest BCUT2D eigenvalue weighted by atomic mass is 35.5. The molecule has 0 aliphatic carbocycles. The molecule has 3 heteroatoms. The van der Waals surface area contributed by atoms with E-state index < -0.39 is 0 Å². The van der Waals surface area contributed by atoms with Gasteiger partial charge in [0.05, 0.1) is 5.02 Å². The summed E-state index contributed by atoms with van der Waals surface area (Å²) >= 11 is 11.8. The van der Waals surface area contributed by atoms with Crippen LogP contribution in [0.25, 0.3) is 0 Å². The third kappa shape index (κ3) is 3.84. The first-order chi connectivity index (χ1) is 6.79. The maximum Gasteiger partial charge on any atom is 0.164 e. The zero-order valence-electron chi connectivity index (χ0n) is 9.10. The van der Waals surface area contributed by atoms with Gasteiger partial charge in [-0.25, -0.2) is 0 Å². The number of halogens is 2. The molecule has 0 unspecified atom stereocenters. The largest absolute Gasteiger partial charge is 0.294 e. The first-order valence-corrected chi connectivity index (χ1v) is 5.53. The van der Waals surface area contributed by atoms with Crippen molar-refractivity contribution < 1.29 is 4.79 Å². The fourth-order valence-corrected chi connectivity index (χ4v) is 1.68. The minimum atomic E-state index is -0.0390. The smallest absolute Gasteiger partial charge is 0.164 e. The second-order valence-corrected chi connectivity index (χ2v) is 5.63. The van der Waals surface area contributed by atoms with Gasteiger partial charge in [0.25, 0.3) is 0 Å². The van der Waals surface area contributed by atoms with E-state index in [1.165, 1.54) is 0 Å². The summed E-state index contributed by atoms with van der Waals surface area (Å²) in [7, 11) is 0. The maximum absolute atomic E-state index is 11.9. The molecule has 0 aromatic heterocycles. The van der Waals surface area contributed by atoms with E-state index in [1.807, 2.05) is 20.8 Å². The van der Waals surface area contributed by atoms with Gasteiger partial charge in [0.15, 0.2) is 5.78 Å². The number of hydrogen-bond acceptors (Lipinski definition) is 1. The minimum absolute atomic E-state index is 0.0370. The van der Waals surface area contributed by atoms with E-state index >= 15 is 0 Å². The van der Waals surface area contributed by atoms with Crippen LogP contribution in [0.2, 0.25) is 10.0 Å². The molecule has 15 heavy (non-hydrogen) atoms. The molecule has 0 aliphatic heterocycles. The van der Waals surface area contributed by atoms with Crippen LogP contribution in [0.15, 0.2) is 18.2 Å². The van der Waals surface area contributed by atoms with Crippen LogP contribution in [0, 0.1) is 5.41 Å². The summed E-state index contributed by atoms with van der Waals surface area (Å²) in [6.07, 6.45) is 0.465. The zero-order chi connectivity index (χ0) is 11.6. The standard InChI is InChI=1S/C12H14Cl2O/c1-12(2,3)7-11(15)9-6-8(13)4-5-10(9)14/h4-6H,7H2,1-3H3. The van der Waals surface area contributed by atoms with Gasteiger partial charge in [-0.1, -0.05) is 44.0 Å². The molecule has 0 heterocycles. The highest BCUT2D eigenvalue weighted by Gasteiger charge is 2.19. The maximum atomic E-state index is 11.9. The summed E-state index contributed by atoms with van der Waals surface area (Å²) in [6.45, 7) is 6.05. The van der Waals surface area contributed by atoms with Gasteiger partial charge in [-0.2, -0.15) is 0 Å². The predicted octanol–water partition coefficient (Wildman–Crippen LogP) is 4.61. The Labute approximate surface area is 100 Å². The molecule has 1 nitrogen and oxygen atoms in total. The minimum Gasteiger partial charge on any atom is -0.294 e. The first-order valence-electron chi connectivity index (χ1n) is 4.78. The number of hydrogen-bond donors (Lipinski definition) is 0. The van der Waals surface area contributed by atoms with Crippen molar-refractivity contribution in [1.82, 2.24) is 0 Å². The Hall–Kier alpha value is -0.530. The van der Waals surface area contributed by atoms with Crippen molar-refractivity contribution in [2.75, 3.05) is 0 Å². The van der Waals surface area contributed by atoms with Crippen molar-refractivity contribution in [1.29, 1.82) is 0 Å². The van der Waals surface area contributed by atoms with Crippen LogP contribution >= 0.6 is 23.2 Å². The van der Waals surface area contributed by atoms with E-state index in [2.05, 4.69) is 0 Å². The summed E-state index contributed by atoms with van der Waals surface area (Å²) in [4.78, 5) is 11.9. The van der Waals surface area contributed by atoms with E-state index in [1.54, 1.807) is 18.2 Å². The van der Waals surface area contributed by atoms with Gasteiger partial charge in [-0.15, -0.1) is 0 Å². The van der Waals surface area contributed by atoms with Gasteiger partial charge in [0, 0.05) is 17.0 Å². The van der Waals surface area contributed by atoms with Crippen molar-refractivity contribution in [3.63, 3.8) is 0 Å². The highest BCUT2D eigenvalue weighted by molar-refractivity contribution is 6.35. The molecule has 0 aliphatic rings. The van der Waals surface area contributed by atoms with Crippen molar-refractivity contribution in [3.05, 3.63) is 33.8 Å². The van der Waals surface area contributed by atoms with Gasteiger partial charge < -0.3 is 0 Å². The van der Waals surface area contributed by atoms with Crippen LogP contribution in [0.3, 0.4) is 0 Å². The number of rotatable bonds is 2. The molecule has 0 saturated carbocycles. The van der Waals surface area contributed by atoms with Crippen molar-refractivity contribution in [2.24, 2.45) is 5.41 Å². The van der Waals surface area contributed by atoms with E-state index in [0.29, 0.717) is 22.0 Å². The first kappa shape index (κ1) is 12.5. The average molecular weight is 245 g/mol. The summed E-state index contributed by atoms with van der Waals surface area (Å²) in [5.74, 6) is 0.0370.